The van der Waals surface area contributed by atoms with Crippen LogP contribution in [-0.4, -0.2) is 22.6 Å². The topological polar surface area (TPSA) is 69.8 Å². The monoisotopic (exact) mass is 256 g/mol. The molecule has 98 valence electrons. The van der Waals surface area contributed by atoms with Gasteiger partial charge in [-0.15, -0.1) is 0 Å². The van der Waals surface area contributed by atoms with Crippen molar-refractivity contribution in [1.29, 1.82) is 0 Å². The molecule has 19 heavy (non-hydrogen) atoms. The second kappa shape index (κ2) is 4.85. The van der Waals surface area contributed by atoms with Gasteiger partial charge < -0.3 is 10.6 Å². The zero-order valence-corrected chi connectivity index (χ0v) is 10.8. The van der Waals surface area contributed by atoms with Crippen LogP contribution in [0.5, 0.6) is 0 Å². The number of hydrogen-bond acceptors (Lipinski definition) is 3. The van der Waals surface area contributed by atoms with E-state index in [0.29, 0.717) is 11.4 Å². The van der Waals surface area contributed by atoms with Crippen molar-refractivity contribution in [3.63, 3.8) is 0 Å². The number of hydrogen-bond donors (Lipinski definition) is 3. The molecule has 1 amide bonds. The Morgan fingerprint density at radius 2 is 2.11 bits per heavy atom. The van der Waals surface area contributed by atoms with E-state index in [0.717, 1.165) is 36.3 Å². The normalized spacial score (nSPS) is 13.9. The van der Waals surface area contributed by atoms with Crippen molar-refractivity contribution in [3.05, 3.63) is 46.6 Å². The third-order valence-corrected chi connectivity index (χ3v) is 3.35. The van der Waals surface area contributed by atoms with Gasteiger partial charge >= 0.3 is 0 Å². The lowest BCUT2D eigenvalue weighted by atomic mass is 10.1. The molecular formula is C14H16N4O. The Hall–Kier alpha value is -2.14. The first-order valence-corrected chi connectivity index (χ1v) is 6.39. The number of nitrogens with zero attached hydrogens (tertiary/aromatic N) is 1. The maximum atomic E-state index is 12.1. The van der Waals surface area contributed by atoms with E-state index < -0.39 is 0 Å². The van der Waals surface area contributed by atoms with Crippen LogP contribution in [0.15, 0.2) is 24.3 Å². The highest BCUT2D eigenvalue weighted by molar-refractivity contribution is 6.04. The maximum Gasteiger partial charge on any atom is 0.256 e. The second-order valence-electron chi connectivity index (χ2n) is 4.78. The summed E-state index contributed by atoms with van der Waals surface area (Å²) >= 11 is 0. The van der Waals surface area contributed by atoms with Crippen molar-refractivity contribution < 1.29 is 4.79 Å². The van der Waals surface area contributed by atoms with E-state index in [2.05, 4.69) is 20.8 Å². The van der Waals surface area contributed by atoms with Gasteiger partial charge in [0.25, 0.3) is 5.91 Å². The molecule has 0 aliphatic carbocycles. The molecule has 0 radical (unpaired) electrons. The Bertz CT molecular complexity index is 600. The minimum absolute atomic E-state index is 0.125. The van der Waals surface area contributed by atoms with Crippen LogP contribution >= 0.6 is 0 Å². The summed E-state index contributed by atoms with van der Waals surface area (Å²) in [5, 5.41) is 13.3. The van der Waals surface area contributed by atoms with Gasteiger partial charge in [-0.3, -0.25) is 9.89 Å². The summed E-state index contributed by atoms with van der Waals surface area (Å²) in [6.07, 6.45) is 0.919. The molecule has 0 saturated heterocycles. The van der Waals surface area contributed by atoms with Gasteiger partial charge in [-0.25, -0.2) is 0 Å². The lowest BCUT2D eigenvalue weighted by Gasteiger charge is -2.13. The molecule has 1 aliphatic rings. The molecule has 0 bridgehead atoms. The average molecular weight is 256 g/mol. The largest absolute Gasteiger partial charge is 0.312 e. The Labute approximate surface area is 111 Å². The van der Waals surface area contributed by atoms with E-state index in [9.17, 15) is 4.79 Å². The van der Waals surface area contributed by atoms with Gasteiger partial charge in [-0.2, -0.15) is 5.10 Å². The number of rotatable bonds is 2. The number of carbonyl (C=O) groups excluding carboxylic acids is 1. The first-order valence-electron chi connectivity index (χ1n) is 6.39. The highest BCUT2D eigenvalue weighted by atomic mass is 16.1. The molecule has 2 aromatic rings. The van der Waals surface area contributed by atoms with Crippen molar-refractivity contribution in [2.75, 3.05) is 11.9 Å². The molecule has 3 N–H and O–H groups in total. The highest BCUT2D eigenvalue weighted by Crippen LogP contribution is 2.20. The summed E-state index contributed by atoms with van der Waals surface area (Å²) < 4.78 is 0. The summed E-state index contributed by atoms with van der Waals surface area (Å²) in [4.78, 5) is 12.1. The molecule has 0 atom stereocenters. The number of nitrogens with one attached hydrogen (secondary N) is 3. The van der Waals surface area contributed by atoms with Gasteiger partial charge in [0.15, 0.2) is 5.82 Å². The molecule has 0 fully saturated rings. The summed E-state index contributed by atoms with van der Waals surface area (Å²) in [5.74, 6) is 0.507. The number of carbonyl (C=O) groups is 1. The van der Waals surface area contributed by atoms with Crippen LogP contribution in [0.25, 0.3) is 0 Å². The van der Waals surface area contributed by atoms with Crippen LogP contribution in [0.3, 0.4) is 0 Å². The smallest absolute Gasteiger partial charge is 0.256 e. The molecule has 0 saturated carbocycles. The highest BCUT2D eigenvalue weighted by Gasteiger charge is 2.18. The van der Waals surface area contributed by atoms with Gasteiger partial charge in [0.2, 0.25) is 0 Å². The standard InChI is InChI=1S/C14H16N4O/c1-9-2-4-10(5-3-9)14(19)16-13-11-8-15-7-6-12(11)17-18-13/h2-5,15H,6-8H2,1H3,(H2,16,17,18,19). The van der Waals surface area contributed by atoms with Crippen LogP contribution in [0.4, 0.5) is 5.82 Å². The molecule has 1 aliphatic heterocycles. The van der Waals surface area contributed by atoms with Gasteiger partial charge in [-0.05, 0) is 19.1 Å². The van der Waals surface area contributed by atoms with E-state index in [-0.39, 0.29) is 5.91 Å². The summed E-state index contributed by atoms with van der Waals surface area (Å²) in [6, 6.07) is 7.50. The average Bonchev–Trinajstić information content (AvgIpc) is 2.83. The maximum absolute atomic E-state index is 12.1. The quantitative estimate of drug-likeness (QED) is 0.764. The predicted molar refractivity (Wildman–Crippen MR) is 73.1 cm³/mol. The van der Waals surface area contributed by atoms with Crippen LogP contribution in [-0.2, 0) is 13.0 Å². The predicted octanol–water partition coefficient (Wildman–Crippen LogP) is 1.62. The molecule has 0 unspecified atom stereocenters. The number of aromatic nitrogens is 2. The first kappa shape index (κ1) is 11.9. The number of fused-ring (bicyclic) bond motifs is 1. The van der Waals surface area contributed by atoms with Crippen molar-refractivity contribution in [2.24, 2.45) is 0 Å². The Morgan fingerprint density at radius 3 is 2.89 bits per heavy atom. The van der Waals surface area contributed by atoms with Gasteiger partial charge in [0.1, 0.15) is 0 Å². The first-order chi connectivity index (χ1) is 9.24. The fourth-order valence-electron chi connectivity index (χ4n) is 2.21. The molecule has 3 rings (SSSR count). The lowest BCUT2D eigenvalue weighted by molar-refractivity contribution is 0.102. The van der Waals surface area contributed by atoms with Crippen LogP contribution < -0.4 is 10.6 Å². The fraction of sp³-hybridized carbons (Fsp3) is 0.286. The Morgan fingerprint density at radius 1 is 1.32 bits per heavy atom. The van der Waals surface area contributed by atoms with Crippen molar-refractivity contribution in [1.82, 2.24) is 15.5 Å². The third kappa shape index (κ3) is 2.37. The zero-order valence-electron chi connectivity index (χ0n) is 10.8. The minimum Gasteiger partial charge on any atom is -0.312 e. The van der Waals surface area contributed by atoms with E-state index in [1.54, 1.807) is 0 Å². The van der Waals surface area contributed by atoms with Gasteiger partial charge in [0, 0.05) is 36.3 Å². The van der Waals surface area contributed by atoms with Crippen LogP contribution in [0, 0.1) is 6.92 Å². The van der Waals surface area contributed by atoms with Gasteiger partial charge in [0.05, 0.1) is 0 Å². The Balaban J connectivity index is 1.79. The van der Waals surface area contributed by atoms with Gasteiger partial charge in [-0.1, -0.05) is 17.7 Å². The molecule has 0 spiro atoms. The third-order valence-electron chi connectivity index (χ3n) is 3.35. The summed E-state index contributed by atoms with van der Waals surface area (Å²) in [6.45, 7) is 3.69. The van der Waals surface area contributed by atoms with Crippen molar-refractivity contribution >= 4 is 11.7 Å². The molecule has 5 heteroatoms. The molecule has 1 aromatic carbocycles. The van der Waals surface area contributed by atoms with E-state index in [1.807, 2.05) is 31.2 Å². The number of aryl methyl sites for hydroxylation is 1. The molecule has 5 nitrogen and oxygen atoms in total. The fourth-order valence-corrected chi connectivity index (χ4v) is 2.21. The SMILES string of the molecule is Cc1ccc(C(=O)Nc2n[nH]c3c2CNCC3)cc1. The summed E-state index contributed by atoms with van der Waals surface area (Å²) in [5.41, 5.74) is 3.95. The second-order valence-corrected chi connectivity index (χ2v) is 4.78. The van der Waals surface area contributed by atoms with E-state index >= 15 is 0 Å². The molecular weight excluding hydrogens is 240 g/mol. The minimum atomic E-state index is -0.125. The van der Waals surface area contributed by atoms with Crippen LogP contribution in [0.2, 0.25) is 0 Å². The number of aromatic amines is 1. The van der Waals surface area contributed by atoms with E-state index in [1.165, 1.54) is 0 Å². The van der Waals surface area contributed by atoms with Crippen LogP contribution in [0.1, 0.15) is 27.2 Å². The zero-order chi connectivity index (χ0) is 13.2. The molecule has 2 heterocycles. The number of benzene rings is 1. The van der Waals surface area contributed by atoms with Crippen molar-refractivity contribution in [2.45, 2.75) is 19.9 Å². The number of H-pyrrole nitrogens is 1. The van der Waals surface area contributed by atoms with E-state index in [4.69, 9.17) is 0 Å². The molecule has 1 aromatic heterocycles. The number of amides is 1. The lowest BCUT2D eigenvalue weighted by Crippen LogP contribution is -2.24. The summed E-state index contributed by atoms with van der Waals surface area (Å²) in [7, 11) is 0. The number of anilines is 1. The Kier molecular flexibility index (Phi) is 3.05. The van der Waals surface area contributed by atoms with Crippen molar-refractivity contribution in [3.8, 4) is 0 Å².